The van der Waals surface area contributed by atoms with Crippen molar-refractivity contribution in [3.05, 3.63) is 48.0 Å². The van der Waals surface area contributed by atoms with Gasteiger partial charge < -0.3 is 21.3 Å². The first kappa shape index (κ1) is 28.3. The molecule has 1 aromatic heterocycles. The fraction of sp³-hybridized carbons (Fsp3) is 0.615. The van der Waals surface area contributed by atoms with Gasteiger partial charge in [-0.1, -0.05) is 56.7 Å². The maximum absolute atomic E-state index is 13.0. The van der Waals surface area contributed by atoms with Crippen LogP contribution in [-0.4, -0.2) is 58.3 Å². The van der Waals surface area contributed by atoms with Crippen molar-refractivity contribution in [3.63, 3.8) is 0 Å². The molecule has 0 unspecified atom stereocenters. The van der Waals surface area contributed by atoms with E-state index >= 15 is 0 Å². The number of aliphatic hydroxyl groups is 2. The van der Waals surface area contributed by atoms with Gasteiger partial charge in [-0.05, 0) is 43.7 Å². The van der Waals surface area contributed by atoms with Crippen LogP contribution < -0.4 is 11.1 Å². The van der Waals surface area contributed by atoms with Crippen LogP contribution in [0.4, 0.5) is 0 Å². The first-order chi connectivity index (χ1) is 17.1. The van der Waals surface area contributed by atoms with E-state index in [-0.39, 0.29) is 23.8 Å². The Bertz CT molecular complexity index is 1080. The standard InChI is InChI=1S/C26H40N4O5S/c1-18-8-10-22(11-9-18)36(34,35)30-15-21(28-17-30)14-23(27)26(33)29-24(25(32)12-19(2)16-31)13-20-6-4-3-5-7-20/h8-11,15,17,19-20,23-25,31-32H,3-7,12-14,16,27H2,1-2H3,(H,29,33)/t19-,23-,24+,25+/m1/s1. The molecule has 1 amide bonds. The monoisotopic (exact) mass is 520 g/mol. The average molecular weight is 521 g/mol. The van der Waals surface area contributed by atoms with Gasteiger partial charge in [0.25, 0.3) is 10.0 Å². The van der Waals surface area contributed by atoms with E-state index in [1.165, 1.54) is 18.9 Å². The van der Waals surface area contributed by atoms with Gasteiger partial charge in [-0.15, -0.1) is 0 Å². The molecule has 5 N–H and O–H groups in total. The van der Waals surface area contributed by atoms with E-state index in [0.29, 0.717) is 24.5 Å². The van der Waals surface area contributed by atoms with Gasteiger partial charge in [-0.2, -0.15) is 0 Å². The smallest absolute Gasteiger partial charge is 0.268 e. The molecule has 1 heterocycles. The molecule has 0 saturated heterocycles. The topological polar surface area (TPSA) is 148 Å². The minimum atomic E-state index is -3.79. The predicted molar refractivity (Wildman–Crippen MR) is 138 cm³/mol. The third kappa shape index (κ3) is 7.61. The number of imidazole rings is 1. The van der Waals surface area contributed by atoms with Gasteiger partial charge in [0.15, 0.2) is 0 Å². The number of benzene rings is 1. The molecule has 9 nitrogen and oxygen atoms in total. The summed E-state index contributed by atoms with van der Waals surface area (Å²) in [6.07, 6.45) is 8.58. The van der Waals surface area contributed by atoms with E-state index in [1.54, 1.807) is 24.3 Å². The Morgan fingerprint density at radius 1 is 1.22 bits per heavy atom. The molecule has 2 aromatic rings. The highest BCUT2D eigenvalue weighted by Gasteiger charge is 2.29. The van der Waals surface area contributed by atoms with E-state index in [2.05, 4.69) is 10.3 Å². The zero-order chi connectivity index (χ0) is 26.3. The SMILES string of the molecule is Cc1ccc(S(=O)(=O)n2cnc(C[C@@H](N)C(=O)N[C@@H](CC3CCCCC3)[C@@H](O)C[C@@H](C)CO)c2)cc1. The number of aliphatic hydroxyl groups excluding tert-OH is 2. The van der Waals surface area contributed by atoms with Crippen LogP contribution >= 0.6 is 0 Å². The number of aromatic nitrogens is 2. The van der Waals surface area contributed by atoms with Crippen LogP contribution in [0.25, 0.3) is 0 Å². The fourth-order valence-corrected chi connectivity index (χ4v) is 5.92. The number of carbonyl (C=O) groups excluding carboxylic acids is 1. The second-order valence-corrected chi connectivity index (χ2v) is 12.1. The van der Waals surface area contributed by atoms with E-state index in [4.69, 9.17) is 5.73 Å². The Morgan fingerprint density at radius 3 is 2.53 bits per heavy atom. The number of nitrogens with zero attached hydrogens (tertiary/aromatic N) is 2. The van der Waals surface area contributed by atoms with Crippen molar-refractivity contribution in [1.82, 2.24) is 14.3 Å². The first-order valence-electron chi connectivity index (χ1n) is 12.8. The number of rotatable bonds is 12. The molecule has 3 rings (SSSR count). The molecule has 0 bridgehead atoms. The van der Waals surface area contributed by atoms with E-state index in [9.17, 15) is 23.4 Å². The largest absolute Gasteiger partial charge is 0.396 e. The Labute approximate surface area is 214 Å². The van der Waals surface area contributed by atoms with Gasteiger partial charge in [0, 0.05) is 19.2 Å². The summed E-state index contributed by atoms with van der Waals surface area (Å²) in [6.45, 7) is 3.70. The number of aryl methyl sites for hydroxylation is 1. The van der Waals surface area contributed by atoms with E-state index in [1.807, 2.05) is 13.8 Å². The van der Waals surface area contributed by atoms with Gasteiger partial charge in [-0.3, -0.25) is 4.79 Å². The third-order valence-corrected chi connectivity index (χ3v) is 8.66. The van der Waals surface area contributed by atoms with Crippen LogP contribution in [0, 0.1) is 18.8 Å². The summed E-state index contributed by atoms with van der Waals surface area (Å²) < 4.78 is 26.8. The molecule has 36 heavy (non-hydrogen) atoms. The highest BCUT2D eigenvalue weighted by Crippen LogP contribution is 2.29. The molecule has 0 spiro atoms. The molecular weight excluding hydrogens is 480 g/mol. The van der Waals surface area contributed by atoms with Crippen LogP contribution in [0.5, 0.6) is 0 Å². The minimum absolute atomic E-state index is 0.0329. The Morgan fingerprint density at radius 2 is 1.89 bits per heavy atom. The van der Waals surface area contributed by atoms with Crippen LogP contribution in [0.1, 0.15) is 63.1 Å². The highest BCUT2D eigenvalue weighted by atomic mass is 32.2. The predicted octanol–water partition coefficient (Wildman–Crippen LogP) is 2.13. The highest BCUT2D eigenvalue weighted by molar-refractivity contribution is 7.90. The number of nitrogens with one attached hydrogen (secondary N) is 1. The summed E-state index contributed by atoms with van der Waals surface area (Å²) in [7, 11) is -3.79. The number of hydrogen-bond donors (Lipinski definition) is 4. The van der Waals surface area contributed by atoms with Gasteiger partial charge in [0.05, 0.1) is 28.8 Å². The van der Waals surface area contributed by atoms with Crippen molar-refractivity contribution >= 4 is 15.9 Å². The summed E-state index contributed by atoms with van der Waals surface area (Å²) in [6, 6.07) is 5.12. The fourth-order valence-electron chi connectivity index (χ4n) is 4.77. The molecule has 1 aromatic carbocycles. The van der Waals surface area contributed by atoms with Gasteiger partial charge in [0.2, 0.25) is 5.91 Å². The molecule has 10 heteroatoms. The summed E-state index contributed by atoms with van der Waals surface area (Å²) in [4.78, 5) is 17.3. The molecule has 1 fully saturated rings. The zero-order valence-electron chi connectivity index (χ0n) is 21.2. The second kappa shape index (κ2) is 12.8. The van der Waals surface area contributed by atoms with Crippen molar-refractivity contribution in [1.29, 1.82) is 0 Å². The second-order valence-electron chi connectivity index (χ2n) is 10.3. The van der Waals surface area contributed by atoms with Gasteiger partial charge >= 0.3 is 0 Å². The third-order valence-electron chi connectivity index (χ3n) is 7.04. The number of nitrogens with two attached hydrogens (primary N) is 1. The van der Waals surface area contributed by atoms with Crippen molar-refractivity contribution in [2.45, 2.75) is 88.3 Å². The van der Waals surface area contributed by atoms with E-state index in [0.717, 1.165) is 35.2 Å². The zero-order valence-corrected chi connectivity index (χ0v) is 22.0. The molecule has 200 valence electrons. The summed E-state index contributed by atoms with van der Waals surface area (Å²) in [5, 5.41) is 23.2. The van der Waals surface area contributed by atoms with Crippen LogP contribution in [0.15, 0.2) is 41.7 Å². The van der Waals surface area contributed by atoms with Crippen LogP contribution in [0.2, 0.25) is 0 Å². The number of hydrogen-bond acceptors (Lipinski definition) is 7. The molecule has 1 aliphatic carbocycles. The van der Waals surface area contributed by atoms with Crippen molar-refractivity contribution in [2.24, 2.45) is 17.6 Å². The quantitative estimate of drug-likeness (QED) is 0.335. The van der Waals surface area contributed by atoms with Crippen LogP contribution in [0.3, 0.4) is 0 Å². The lowest BCUT2D eigenvalue weighted by Gasteiger charge is -2.31. The Kier molecular flexibility index (Phi) is 10.1. The Hall–Kier alpha value is -2.27. The maximum Gasteiger partial charge on any atom is 0.268 e. The van der Waals surface area contributed by atoms with Crippen LogP contribution in [-0.2, 0) is 21.2 Å². The molecule has 0 aliphatic heterocycles. The molecule has 1 saturated carbocycles. The lowest BCUT2D eigenvalue weighted by Crippen LogP contribution is -2.51. The number of amides is 1. The lowest BCUT2D eigenvalue weighted by atomic mass is 9.82. The summed E-state index contributed by atoms with van der Waals surface area (Å²) >= 11 is 0. The minimum Gasteiger partial charge on any atom is -0.396 e. The first-order valence-corrected chi connectivity index (χ1v) is 14.2. The normalized spacial score (nSPS) is 18.4. The van der Waals surface area contributed by atoms with Crippen molar-refractivity contribution in [2.75, 3.05) is 6.61 Å². The molecule has 1 aliphatic rings. The van der Waals surface area contributed by atoms with E-state index < -0.39 is 34.1 Å². The van der Waals surface area contributed by atoms with Gasteiger partial charge in [-0.25, -0.2) is 17.4 Å². The molecule has 0 radical (unpaired) electrons. The maximum atomic E-state index is 13.0. The lowest BCUT2D eigenvalue weighted by molar-refractivity contribution is -0.124. The molecular formula is C26H40N4O5S. The summed E-state index contributed by atoms with van der Waals surface area (Å²) in [5.74, 6) is -0.0663. The summed E-state index contributed by atoms with van der Waals surface area (Å²) in [5.41, 5.74) is 7.51. The van der Waals surface area contributed by atoms with Gasteiger partial charge in [0.1, 0.15) is 6.33 Å². The average Bonchev–Trinajstić information content (AvgIpc) is 3.33. The number of carbonyl (C=O) groups is 1. The van der Waals surface area contributed by atoms with Crippen molar-refractivity contribution < 1.29 is 23.4 Å². The van der Waals surface area contributed by atoms with Crippen molar-refractivity contribution in [3.8, 4) is 0 Å². The molecule has 4 atom stereocenters. The Balaban J connectivity index is 1.65.